The fourth-order valence-electron chi connectivity index (χ4n) is 2.77. The van der Waals surface area contributed by atoms with Gasteiger partial charge in [0, 0.05) is 17.5 Å². The lowest BCUT2D eigenvalue weighted by molar-refractivity contribution is 0.102. The average molecular weight is 368 g/mol. The Balaban J connectivity index is 1.67. The first kappa shape index (κ1) is 16.0. The fourth-order valence-corrected chi connectivity index (χ4v) is 4.44. The fraction of sp³-hybridized carbons (Fsp3) is 0.167. The first-order valence-corrected chi connectivity index (χ1v) is 9.70. The molecule has 0 atom stereocenters. The zero-order valence-corrected chi connectivity index (χ0v) is 15.4. The van der Waals surface area contributed by atoms with Crippen molar-refractivity contribution in [1.82, 2.24) is 14.5 Å². The SMILES string of the molecule is CCn1c(NC(=O)c2sc(-c3ccsc3)nc2C)nc2ccccc21. The summed E-state index contributed by atoms with van der Waals surface area (Å²) >= 11 is 3.03. The Bertz CT molecular complexity index is 1050. The number of amides is 1. The van der Waals surface area contributed by atoms with E-state index in [4.69, 9.17) is 0 Å². The Morgan fingerprint density at radius 1 is 1.24 bits per heavy atom. The first-order chi connectivity index (χ1) is 12.2. The molecule has 0 radical (unpaired) electrons. The Labute approximate surface area is 153 Å². The summed E-state index contributed by atoms with van der Waals surface area (Å²) in [7, 11) is 0. The number of benzene rings is 1. The Morgan fingerprint density at radius 2 is 2.08 bits per heavy atom. The number of fused-ring (bicyclic) bond motifs is 1. The molecule has 0 aliphatic carbocycles. The number of thiophene rings is 1. The maximum Gasteiger partial charge on any atom is 0.269 e. The van der Waals surface area contributed by atoms with E-state index in [1.54, 1.807) is 11.3 Å². The summed E-state index contributed by atoms with van der Waals surface area (Å²) in [5.74, 6) is 0.403. The highest BCUT2D eigenvalue weighted by Crippen LogP contribution is 2.30. The number of hydrogen-bond acceptors (Lipinski definition) is 5. The molecule has 25 heavy (non-hydrogen) atoms. The largest absolute Gasteiger partial charge is 0.310 e. The number of imidazole rings is 1. The molecular formula is C18H16N4OS2. The lowest BCUT2D eigenvalue weighted by Gasteiger charge is -2.06. The molecule has 0 spiro atoms. The quantitative estimate of drug-likeness (QED) is 0.563. The predicted octanol–water partition coefficient (Wildman–Crippen LogP) is 4.80. The summed E-state index contributed by atoms with van der Waals surface area (Å²) < 4.78 is 2.00. The monoisotopic (exact) mass is 368 g/mol. The number of aryl methyl sites for hydroxylation is 2. The molecule has 4 aromatic rings. The molecule has 0 bridgehead atoms. The van der Waals surface area contributed by atoms with Gasteiger partial charge in [-0.1, -0.05) is 12.1 Å². The predicted molar refractivity (Wildman–Crippen MR) is 104 cm³/mol. The molecule has 5 nitrogen and oxygen atoms in total. The molecule has 1 N–H and O–H groups in total. The van der Waals surface area contributed by atoms with E-state index in [9.17, 15) is 4.79 Å². The highest BCUT2D eigenvalue weighted by Gasteiger charge is 2.19. The van der Waals surface area contributed by atoms with Gasteiger partial charge in [0.25, 0.3) is 5.91 Å². The second kappa shape index (κ2) is 6.42. The molecule has 0 aliphatic rings. The molecule has 7 heteroatoms. The molecule has 3 heterocycles. The number of carbonyl (C=O) groups excluding carboxylic acids is 1. The lowest BCUT2D eigenvalue weighted by Crippen LogP contribution is -2.15. The molecule has 0 fully saturated rings. The Hall–Kier alpha value is -2.51. The van der Waals surface area contributed by atoms with Crippen molar-refractivity contribution >= 4 is 45.6 Å². The standard InChI is InChI=1S/C18H16N4OS2/c1-3-22-14-7-5-4-6-13(14)20-18(22)21-16(23)15-11(2)19-17(25-15)12-8-9-24-10-12/h4-10H,3H2,1-2H3,(H,20,21,23). The van der Waals surface area contributed by atoms with Crippen molar-refractivity contribution in [3.05, 3.63) is 51.7 Å². The van der Waals surface area contributed by atoms with Crippen LogP contribution in [0.2, 0.25) is 0 Å². The van der Waals surface area contributed by atoms with Crippen molar-refractivity contribution in [3.63, 3.8) is 0 Å². The summed E-state index contributed by atoms with van der Waals surface area (Å²) in [4.78, 5) is 22.5. The van der Waals surface area contributed by atoms with Crippen molar-refractivity contribution < 1.29 is 4.79 Å². The summed E-state index contributed by atoms with van der Waals surface area (Å²) in [5, 5.41) is 7.87. The van der Waals surface area contributed by atoms with Gasteiger partial charge in [-0.3, -0.25) is 10.1 Å². The number of rotatable bonds is 4. The number of para-hydroxylation sites is 2. The minimum atomic E-state index is -0.165. The molecule has 1 amide bonds. The van der Waals surface area contributed by atoms with E-state index in [0.29, 0.717) is 10.8 Å². The van der Waals surface area contributed by atoms with Crippen LogP contribution in [0.3, 0.4) is 0 Å². The van der Waals surface area contributed by atoms with Crippen LogP contribution in [-0.2, 0) is 6.54 Å². The number of thiazole rings is 1. The van der Waals surface area contributed by atoms with Crippen molar-refractivity contribution in [2.24, 2.45) is 0 Å². The van der Waals surface area contributed by atoms with E-state index in [0.717, 1.165) is 33.8 Å². The van der Waals surface area contributed by atoms with Crippen LogP contribution >= 0.6 is 22.7 Å². The van der Waals surface area contributed by atoms with Gasteiger partial charge in [0.2, 0.25) is 5.95 Å². The minimum Gasteiger partial charge on any atom is -0.310 e. The van der Waals surface area contributed by atoms with Crippen molar-refractivity contribution in [3.8, 4) is 10.6 Å². The molecule has 4 rings (SSSR count). The van der Waals surface area contributed by atoms with Crippen LogP contribution in [0, 0.1) is 6.92 Å². The van der Waals surface area contributed by atoms with E-state index >= 15 is 0 Å². The average Bonchev–Trinajstić information content (AvgIpc) is 3.32. The van der Waals surface area contributed by atoms with Crippen LogP contribution in [0.15, 0.2) is 41.1 Å². The normalized spacial score (nSPS) is 11.1. The number of carbonyl (C=O) groups is 1. The van der Waals surface area contributed by atoms with Gasteiger partial charge in [-0.25, -0.2) is 9.97 Å². The van der Waals surface area contributed by atoms with Crippen LogP contribution in [0.1, 0.15) is 22.3 Å². The second-order valence-electron chi connectivity index (χ2n) is 5.57. The number of anilines is 1. The molecule has 1 aromatic carbocycles. The van der Waals surface area contributed by atoms with Crippen molar-refractivity contribution in [2.45, 2.75) is 20.4 Å². The number of aromatic nitrogens is 3. The van der Waals surface area contributed by atoms with Gasteiger partial charge < -0.3 is 4.57 Å². The Morgan fingerprint density at radius 3 is 2.84 bits per heavy atom. The van der Waals surface area contributed by atoms with E-state index < -0.39 is 0 Å². The van der Waals surface area contributed by atoms with E-state index in [-0.39, 0.29) is 5.91 Å². The molecule has 0 saturated carbocycles. The van der Waals surface area contributed by atoms with Crippen LogP contribution in [0.4, 0.5) is 5.95 Å². The first-order valence-electron chi connectivity index (χ1n) is 7.94. The summed E-state index contributed by atoms with van der Waals surface area (Å²) in [6.07, 6.45) is 0. The van der Waals surface area contributed by atoms with Crippen LogP contribution < -0.4 is 5.32 Å². The highest BCUT2D eigenvalue weighted by atomic mass is 32.1. The third kappa shape index (κ3) is 2.85. The van der Waals surface area contributed by atoms with E-state index in [1.807, 2.05) is 59.5 Å². The third-order valence-electron chi connectivity index (χ3n) is 3.97. The molecule has 126 valence electrons. The van der Waals surface area contributed by atoms with Gasteiger partial charge in [0.15, 0.2) is 0 Å². The van der Waals surface area contributed by atoms with Gasteiger partial charge >= 0.3 is 0 Å². The number of nitrogens with zero attached hydrogens (tertiary/aromatic N) is 3. The van der Waals surface area contributed by atoms with Crippen molar-refractivity contribution in [1.29, 1.82) is 0 Å². The maximum atomic E-state index is 12.8. The van der Waals surface area contributed by atoms with Gasteiger partial charge in [0.1, 0.15) is 9.88 Å². The van der Waals surface area contributed by atoms with Gasteiger partial charge in [-0.2, -0.15) is 11.3 Å². The molecule has 3 aromatic heterocycles. The number of hydrogen-bond donors (Lipinski definition) is 1. The summed E-state index contributed by atoms with van der Waals surface area (Å²) in [6, 6.07) is 9.89. The Kier molecular flexibility index (Phi) is 4.10. The highest BCUT2D eigenvalue weighted by molar-refractivity contribution is 7.17. The molecular weight excluding hydrogens is 352 g/mol. The summed E-state index contributed by atoms with van der Waals surface area (Å²) in [5.41, 5.74) is 3.68. The maximum absolute atomic E-state index is 12.8. The van der Waals surface area contributed by atoms with Crippen LogP contribution in [0.5, 0.6) is 0 Å². The van der Waals surface area contributed by atoms with Crippen LogP contribution in [0.25, 0.3) is 21.6 Å². The smallest absolute Gasteiger partial charge is 0.269 e. The van der Waals surface area contributed by atoms with Crippen molar-refractivity contribution in [2.75, 3.05) is 5.32 Å². The topological polar surface area (TPSA) is 59.8 Å². The second-order valence-corrected chi connectivity index (χ2v) is 7.35. The minimum absolute atomic E-state index is 0.165. The molecule has 0 unspecified atom stereocenters. The zero-order chi connectivity index (χ0) is 17.4. The van der Waals surface area contributed by atoms with Gasteiger partial charge in [-0.05, 0) is 37.4 Å². The van der Waals surface area contributed by atoms with Crippen LogP contribution in [-0.4, -0.2) is 20.4 Å². The van der Waals surface area contributed by atoms with Gasteiger partial charge in [0.05, 0.1) is 16.7 Å². The zero-order valence-electron chi connectivity index (χ0n) is 13.8. The number of nitrogens with one attached hydrogen (secondary N) is 1. The molecule has 0 aliphatic heterocycles. The third-order valence-corrected chi connectivity index (χ3v) is 5.86. The van der Waals surface area contributed by atoms with E-state index in [2.05, 4.69) is 15.3 Å². The molecule has 0 saturated heterocycles. The van der Waals surface area contributed by atoms with E-state index in [1.165, 1.54) is 11.3 Å². The summed E-state index contributed by atoms with van der Waals surface area (Å²) in [6.45, 7) is 4.64. The van der Waals surface area contributed by atoms with Gasteiger partial charge in [-0.15, -0.1) is 11.3 Å². The lowest BCUT2D eigenvalue weighted by atomic mass is 10.3.